The Morgan fingerprint density at radius 2 is 0.863 bits per heavy atom. The van der Waals surface area contributed by atoms with Crippen molar-refractivity contribution in [1.29, 1.82) is 0 Å². The first kappa shape index (κ1) is 32.4. The number of aliphatic imine (C=N–C) groups is 1. The zero-order chi connectivity index (χ0) is 34.6. The van der Waals surface area contributed by atoms with Crippen molar-refractivity contribution < 1.29 is 0 Å². The van der Waals surface area contributed by atoms with Crippen LogP contribution in [0.15, 0.2) is 193 Å². The van der Waals surface area contributed by atoms with Crippen LogP contribution >= 0.6 is 22.6 Å². The van der Waals surface area contributed by atoms with Crippen molar-refractivity contribution in [3.8, 4) is 33.4 Å². The third-order valence-electron chi connectivity index (χ3n) is 9.46. The van der Waals surface area contributed by atoms with Gasteiger partial charge in [-0.1, -0.05) is 170 Å². The van der Waals surface area contributed by atoms with Crippen molar-refractivity contribution in [2.75, 3.05) is 0 Å². The van der Waals surface area contributed by atoms with Crippen LogP contribution in [0.25, 0.3) is 60.6 Å². The fourth-order valence-corrected chi connectivity index (χ4v) is 7.22. The van der Waals surface area contributed by atoms with Gasteiger partial charge in [0.05, 0.1) is 12.3 Å². The molecule has 0 heterocycles. The largest absolute Gasteiger partial charge is 0.398 e. The highest BCUT2D eigenvalue weighted by Crippen LogP contribution is 2.41. The van der Waals surface area contributed by atoms with Crippen molar-refractivity contribution in [3.63, 3.8) is 0 Å². The van der Waals surface area contributed by atoms with Crippen molar-refractivity contribution in [3.05, 3.63) is 208 Å². The smallest absolute Gasteiger partial charge is 0.0671 e. The minimum atomic E-state index is 0.550. The SMILES string of the molecule is N/C(=C\C(=NCc1ccc(-c2ccc(-c3ccc(-c4ccc(I)cc4)c4ccccc34)c3ccccc23)cc1)c1ccccc1)c1ccccc1. The summed E-state index contributed by atoms with van der Waals surface area (Å²) in [5, 5.41) is 4.99. The van der Waals surface area contributed by atoms with Gasteiger partial charge in [-0.25, -0.2) is 0 Å². The average molecular weight is 767 g/mol. The first-order chi connectivity index (χ1) is 25.1. The standard InChI is InChI=1S/C48H35IN2/c49-38-25-23-35(24-26-38)40-28-30-46(44-18-10-8-16-42(40)44)45-29-27-39(41-15-7-9-17-43(41)45)34-21-19-33(20-22-34)32-51-48(37-13-5-2-6-14-37)31-47(50)36-11-3-1-4-12-36/h1-31H,32,50H2/b47-31-,51-48?. The third-order valence-corrected chi connectivity index (χ3v) is 10.2. The lowest BCUT2D eigenvalue weighted by molar-refractivity contribution is 1.07. The van der Waals surface area contributed by atoms with Gasteiger partial charge in [0.25, 0.3) is 0 Å². The molecular formula is C48H35IN2. The molecule has 0 saturated heterocycles. The summed E-state index contributed by atoms with van der Waals surface area (Å²) in [5.41, 5.74) is 18.6. The Hall–Kier alpha value is -5.78. The predicted molar refractivity (Wildman–Crippen MR) is 226 cm³/mol. The number of hydrogen-bond donors (Lipinski definition) is 1. The second-order valence-electron chi connectivity index (χ2n) is 12.6. The van der Waals surface area contributed by atoms with Crippen LogP contribution in [-0.4, -0.2) is 5.71 Å². The number of nitrogens with zero attached hydrogens (tertiary/aromatic N) is 1. The summed E-state index contributed by atoms with van der Waals surface area (Å²) in [4.78, 5) is 5.04. The Morgan fingerprint density at radius 3 is 1.37 bits per heavy atom. The van der Waals surface area contributed by atoms with E-state index in [1.807, 2.05) is 54.6 Å². The third kappa shape index (κ3) is 6.86. The van der Waals surface area contributed by atoms with Crippen LogP contribution in [-0.2, 0) is 6.54 Å². The first-order valence-corrected chi connectivity index (χ1v) is 18.2. The highest BCUT2D eigenvalue weighted by molar-refractivity contribution is 14.1. The summed E-state index contributed by atoms with van der Waals surface area (Å²) in [7, 11) is 0. The van der Waals surface area contributed by atoms with E-state index in [1.165, 1.54) is 58.5 Å². The number of halogens is 1. The number of hydrogen-bond acceptors (Lipinski definition) is 2. The monoisotopic (exact) mass is 766 g/mol. The van der Waals surface area contributed by atoms with Crippen LogP contribution in [0.1, 0.15) is 16.7 Å². The lowest BCUT2D eigenvalue weighted by Gasteiger charge is -2.16. The molecule has 2 N–H and O–H groups in total. The van der Waals surface area contributed by atoms with Gasteiger partial charge in [0.15, 0.2) is 0 Å². The van der Waals surface area contributed by atoms with Crippen LogP contribution in [0.4, 0.5) is 0 Å². The summed E-state index contributed by atoms with van der Waals surface area (Å²) >= 11 is 2.36. The van der Waals surface area contributed by atoms with Crippen molar-refractivity contribution in [1.82, 2.24) is 0 Å². The second-order valence-corrected chi connectivity index (χ2v) is 13.9. The molecule has 0 unspecified atom stereocenters. The summed E-state index contributed by atoms with van der Waals surface area (Å²) in [6.07, 6.45) is 1.98. The molecule has 0 spiro atoms. The Bertz CT molecular complexity index is 2530. The maximum atomic E-state index is 6.52. The molecule has 8 aromatic carbocycles. The molecular weight excluding hydrogens is 731 g/mol. The van der Waals surface area contributed by atoms with Crippen LogP contribution in [0.2, 0.25) is 0 Å². The molecule has 3 heteroatoms. The van der Waals surface area contributed by atoms with Gasteiger partial charge < -0.3 is 5.73 Å². The zero-order valence-electron chi connectivity index (χ0n) is 28.0. The highest BCUT2D eigenvalue weighted by atomic mass is 127. The Labute approximate surface area is 312 Å². The number of fused-ring (bicyclic) bond motifs is 2. The lowest BCUT2D eigenvalue weighted by Crippen LogP contribution is -2.04. The summed E-state index contributed by atoms with van der Waals surface area (Å²) in [5.74, 6) is 0. The van der Waals surface area contributed by atoms with Crippen molar-refractivity contribution in [2.45, 2.75) is 6.54 Å². The van der Waals surface area contributed by atoms with E-state index in [1.54, 1.807) is 0 Å². The van der Waals surface area contributed by atoms with E-state index in [0.717, 1.165) is 22.4 Å². The van der Waals surface area contributed by atoms with E-state index in [9.17, 15) is 0 Å². The van der Waals surface area contributed by atoms with Gasteiger partial charge in [-0.3, -0.25) is 4.99 Å². The zero-order valence-corrected chi connectivity index (χ0v) is 30.2. The molecule has 8 rings (SSSR count). The molecule has 2 nitrogen and oxygen atoms in total. The number of nitrogens with two attached hydrogens (primary N) is 1. The quantitative estimate of drug-likeness (QED) is 0.121. The summed E-state index contributed by atoms with van der Waals surface area (Å²) < 4.78 is 1.24. The van der Waals surface area contributed by atoms with Gasteiger partial charge >= 0.3 is 0 Å². The molecule has 0 aliphatic carbocycles. The van der Waals surface area contributed by atoms with Gasteiger partial charge in [0, 0.05) is 9.27 Å². The van der Waals surface area contributed by atoms with E-state index in [0.29, 0.717) is 12.2 Å². The molecule has 0 bridgehead atoms. The van der Waals surface area contributed by atoms with E-state index in [2.05, 4.69) is 156 Å². The minimum absolute atomic E-state index is 0.550. The van der Waals surface area contributed by atoms with Gasteiger partial charge in [0.2, 0.25) is 0 Å². The molecule has 51 heavy (non-hydrogen) atoms. The first-order valence-electron chi connectivity index (χ1n) is 17.1. The Morgan fingerprint density at radius 1 is 0.451 bits per heavy atom. The van der Waals surface area contributed by atoms with E-state index in [-0.39, 0.29) is 0 Å². The van der Waals surface area contributed by atoms with Crippen molar-refractivity contribution >= 4 is 55.5 Å². The normalized spacial score (nSPS) is 12.0. The van der Waals surface area contributed by atoms with Crippen LogP contribution < -0.4 is 5.73 Å². The fraction of sp³-hybridized carbons (Fsp3) is 0.0208. The molecule has 0 aromatic heterocycles. The van der Waals surface area contributed by atoms with E-state index < -0.39 is 0 Å². The molecule has 0 radical (unpaired) electrons. The maximum Gasteiger partial charge on any atom is 0.0671 e. The van der Waals surface area contributed by atoms with Crippen LogP contribution in [0.5, 0.6) is 0 Å². The lowest BCUT2D eigenvalue weighted by atomic mass is 9.88. The molecule has 0 amide bonds. The fourth-order valence-electron chi connectivity index (χ4n) is 6.86. The molecule has 8 aromatic rings. The number of rotatable bonds is 8. The Kier molecular flexibility index (Phi) is 9.28. The van der Waals surface area contributed by atoms with Crippen LogP contribution in [0.3, 0.4) is 0 Å². The minimum Gasteiger partial charge on any atom is -0.398 e. The van der Waals surface area contributed by atoms with E-state index in [4.69, 9.17) is 10.7 Å². The maximum absolute atomic E-state index is 6.52. The van der Waals surface area contributed by atoms with Crippen molar-refractivity contribution in [2.24, 2.45) is 10.7 Å². The van der Waals surface area contributed by atoms with Gasteiger partial charge in [-0.15, -0.1) is 0 Å². The topological polar surface area (TPSA) is 38.4 Å². The summed E-state index contributed by atoms with van der Waals surface area (Å²) in [6, 6.07) is 64.5. The number of allylic oxidation sites excluding steroid dienone is 1. The number of benzene rings is 8. The van der Waals surface area contributed by atoms with Gasteiger partial charge in [0.1, 0.15) is 0 Å². The second kappa shape index (κ2) is 14.6. The van der Waals surface area contributed by atoms with Crippen LogP contribution in [0, 0.1) is 3.57 Å². The Balaban J connectivity index is 1.12. The molecule has 0 aliphatic rings. The molecule has 0 saturated carbocycles. The van der Waals surface area contributed by atoms with E-state index >= 15 is 0 Å². The highest BCUT2D eigenvalue weighted by Gasteiger charge is 2.14. The summed E-state index contributed by atoms with van der Waals surface area (Å²) in [6.45, 7) is 0.550. The van der Waals surface area contributed by atoms with Gasteiger partial charge in [-0.05, 0) is 112 Å². The van der Waals surface area contributed by atoms with Gasteiger partial charge in [-0.2, -0.15) is 0 Å². The molecule has 0 aliphatic heterocycles. The average Bonchev–Trinajstić information content (AvgIpc) is 3.20. The molecule has 0 fully saturated rings. The molecule has 244 valence electrons. The predicted octanol–water partition coefficient (Wildman–Crippen LogP) is 12.6. The molecule has 0 atom stereocenters.